The molecule has 5 heteroatoms. The molecule has 0 bridgehead atoms. The minimum atomic E-state index is -0.208. The lowest BCUT2D eigenvalue weighted by Gasteiger charge is -2.16. The van der Waals surface area contributed by atoms with Crippen LogP contribution in [0.2, 0.25) is 0 Å². The minimum absolute atomic E-state index is 0.0870. The maximum absolute atomic E-state index is 11.7. The first-order valence-electron chi connectivity index (χ1n) is 6.50. The fourth-order valence-electron chi connectivity index (χ4n) is 1.87. The molecule has 2 rings (SSSR count). The quantitative estimate of drug-likeness (QED) is 0.803. The maximum atomic E-state index is 11.7. The van der Waals surface area contributed by atoms with Crippen LogP contribution in [0.3, 0.4) is 0 Å². The lowest BCUT2D eigenvalue weighted by Crippen LogP contribution is -2.36. The van der Waals surface area contributed by atoms with Gasteiger partial charge in [-0.25, -0.2) is 14.8 Å². The Labute approximate surface area is 113 Å². The van der Waals surface area contributed by atoms with Crippen LogP contribution in [0.15, 0.2) is 24.5 Å². The van der Waals surface area contributed by atoms with Crippen LogP contribution >= 0.6 is 0 Å². The third-order valence-electron chi connectivity index (χ3n) is 2.92. The molecular weight excluding hydrogens is 240 g/mol. The molecule has 19 heavy (non-hydrogen) atoms. The summed E-state index contributed by atoms with van der Waals surface area (Å²) in [6.45, 7) is 6.15. The molecule has 1 aromatic heterocycles. The summed E-state index contributed by atoms with van der Waals surface area (Å²) in [5.74, 6) is 0.762. The number of hydrogen-bond acceptors (Lipinski definition) is 3. The number of carbonyl (C=O) groups excluding carboxylic acids is 1. The van der Waals surface area contributed by atoms with Crippen molar-refractivity contribution in [1.29, 1.82) is 0 Å². The molecule has 0 fully saturated rings. The van der Waals surface area contributed by atoms with Crippen LogP contribution in [0, 0.1) is 0 Å². The molecule has 1 aliphatic carbocycles. The Morgan fingerprint density at radius 3 is 2.32 bits per heavy atom. The number of anilines is 1. The SMILES string of the molecule is CC(C)(C)c1ncc(NC(=O)NC2CC=CC2)cn1. The van der Waals surface area contributed by atoms with Crippen molar-refractivity contribution in [3.05, 3.63) is 30.4 Å². The molecule has 2 N–H and O–H groups in total. The smallest absolute Gasteiger partial charge is 0.319 e. The summed E-state index contributed by atoms with van der Waals surface area (Å²) in [6, 6.07) is -0.00410. The lowest BCUT2D eigenvalue weighted by molar-refractivity contribution is 0.249. The highest BCUT2D eigenvalue weighted by Gasteiger charge is 2.17. The third kappa shape index (κ3) is 3.77. The van der Waals surface area contributed by atoms with Crippen LogP contribution in [0.4, 0.5) is 10.5 Å². The first-order valence-corrected chi connectivity index (χ1v) is 6.50. The van der Waals surface area contributed by atoms with E-state index in [9.17, 15) is 4.79 Å². The van der Waals surface area contributed by atoms with Crippen molar-refractivity contribution >= 4 is 11.7 Å². The van der Waals surface area contributed by atoms with E-state index in [-0.39, 0.29) is 17.5 Å². The number of carbonyl (C=O) groups is 1. The highest BCUT2D eigenvalue weighted by Crippen LogP contribution is 2.18. The lowest BCUT2D eigenvalue weighted by atomic mass is 9.96. The standard InChI is InChI=1S/C14H20N4O/c1-14(2,3)12-15-8-11(9-16-12)18-13(19)17-10-6-4-5-7-10/h4-5,8-10H,6-7H2,1-3H3,(H2,17,18,19). The molecule has 2 amide bonds. The van der Waals surface area contributed by atoms with Crippen molar-refractivity contribution in [2.24, 2.45) is 0 Å². The summed E-state index contributed by atoms with van der Waals surface area (Å²) in [5.41, 5.74) is 0.521. The molecule has 1 heterocycles. The monoisotopic (exact) mass is 260 g/mol. The van der Waals surface area contributed by atoms with Crippen LogP contribution < -0.4 is 10.6 Å². The Kier molecular flexibility index (Phi) is 3.83. The average Bonchev–Trinajstić information content (AvgIpc) is 2.81. The van der Waals surface area contributed by atoms with Gasteiger partial charge in [0.05, 0.1) is 18.1 Å². The van der Waals surface area contributed by atoms with E-state index in [4.69, 9.17) is 0 Å². The maximum Gasteiger partial charge on any atom is 0.319 e. The second-order valence-corrected chi connectivity index (χ2v) is 5.78. The first kappa shape index (κ1) is 13.5. The Morgan fingerprint density at radius 1 is 1.21 bits per heavy atom. The van der Waals surface area contributed by atoms with Crippen molar-refractivity contribution in [1.82, 2.24) is 15.3 Å². The Balaban J connectivity index is 1.90. The van der Waals surface area contributed by atoms with Gasteiger partial charge in [0.1, 0.15) is 5.82 Å². The summed E-state index contributed by atoms with van der Waals surface area (Å²) >= 11 is 0. The fraction of sp³-hybridized carbons (Fsp3) is 0.500. The molecule has 0 atom stereocenters. The number of urea groups is 1. The topological polar surface area (TPSA) is 66.9 Å². The summed E-state index contributed by atoms with van der Waals surface area (Å²) in [4.78, 5) is 20.3. The van der Waals surface area contributed by atoms with E-state index in [2.05, 4.69) is 53.5 Å². The molecule has 0 aromatic carbocycles. The molecule has 102 valence electrons. The van der Waals surface area contributed by atoms with E-state index >= 15 is 0 Å². The molecule has 0 unspecified atom stereocenters. The van der Waals surface area contributed by atoms with Gasteiger partial charge in [-0.3, -0.25) is 0 Å². The number of nitrogens with zero attached hydrogens (tertiary/aromatic N) is 2. The van der Waals surface area contributed by atoms with Gasteiger partial charge in [-0.05, 0) is 12.8 Å². The molecule has 0 saturated heterocycles. The molecular formula is C14H20N4O. The second-order valence-electron chi connectivity index (χ2n) is 5.78. The van der Waals surface area contributed by atoms with Crippen molar-refractivity contribution in [2.75, 3.05) is 5.32 Å². The van der Waals surface area contributed by atoms with Crippen LogP contribution in [0.1, 0.15) is 39.4 Å². The number of aromatic nitrogens is 2. The Bertz CT molecular complexity index is 465. The van der Waals surface area contributed by atoms with Gasteiger partial charge in [-0.15, -0.1) is 0 Å². The van der Waals surface area contributed by atoms with Gasteiger partial charge >= 0.3 is 6.03 Å². The van der Waals surface area contributed by atoms with Crippen molar-refractivity contribution < 1.29 is 4.79 Å². The van der Waals surface area contributed by atoms with Crippen LogP contribution in [0.5, 0.6) is 0 Å². The van der Waals surface area contributed by atoms with E-state index in [0.29, 0.717) is 5.69 Å². The summed E-state index contributed by atoms with van der Waals surface area (Å²) in [6.07, 6.45) is 9.22. The van der Waals surface area contributed by atoms with E-state index in [1.807, 2.05) is 0 Å². The highest BCUT2D eigenvalue weighted by molar-refractivity contribution is 5.89. The normalized spacial score (nSPS) is 15.5. The van der Waals surface area contributed by atoms with Crippen LogP contribution in [0.25, 0.3) is 0 Å². The van der Waals surface area contributed by atoms with Crippen LogP contribution in [-0.2, 0) is 5.41 Å². The summed E-state index contributed by atoms with van der Waals surface area (Å²) < 4.78 is 0. The van der Waals surface area contributed by atoms with Gasteiger partial charge in [0, 0.05) is 11.5 Å². The van der Waals surface area contributed by atoms with Gasteiger partial charge in [0.25, 0.3) is 0 Å². The predicted octanol–water partition coefficient (Wildman–Crippen LogP) is 2.61. The van der Waals surface area contributed by atoms with Gasteiger partial charge < -0.3 is 10.6 Å². The summed E-state index contributed by atoms with van der Waals surface area (Å²) in [5, 5.41) is 5.65. The molecule has 1 aliphatic rings. The molecule has 0 saturated carbocycles. The minimum Gasteiger partial charge on any atom is -0.335 e. The number of hydrogen-bond donors (Lipinski definition) is 2. The average molecular weight is 260 g/mol. The molecule has 0 radical (unpaired) electrons. The number of nitrogens with one attached hydrogen (secondary N) is 2. The zero-order valence-corrected chi connectivity index (χ0v) is 11.6. The van der Waals surface area contributed by atoms with Crippen molar-refractivity contribution in [2.45, 2.75) is 45.1 Å². The largest absolute Gasteiger partial charge is 0.335 e. The zero-order chi connectivity index (χ0) is 13.9. The predicted molar refractivity (Wildman–Crippen MR) is 75.0 cm³/mol. The van der Waals surface area contributed by atoms with Crippen molar-refractivity contribution in [3.8, 4) is 0 Å². The third-order valence-corrected chi connectivity index (χ3v) is 2.92. The highest BCUT2D eigenvalue weighted by atomic mass is 16.2. The zero-order valence-electron chi connectivity index (χ0n) is 11.6. The van der Waals surface area contributed by atoms with E-state index in [1.54, 1.807) is 12.4 Å². The summed E-state index contributed by atoms with van der Waals surface area (Å²) in [7, 11) is 0. The second kappa shape index (κ2) is 5.38. The molecule has 0 spiro atoms. The fourth-order valence-corrected chi connectivity index (χ4v) is 1.87. The van der Waals surface area contributed by atoms with Gasteiger partial charge in [-0.2, -0.15) is 0 Å². The van der Waals surface area contributed by atoms with E-state index in [0.717, 1.165) is 18.7 Å². The molecule has 5 nitrogen and oxygen atoms in total. The van der Waals surface area contributed by atoms with Gasteiger partial charge in [-0.1, -0.05) is 32.9 Å². The van der Waals surface area contributed by atoms with Gasteiger partial charge in [0.2, 0.25) is 0 Å². The molecule has 0 aliphatic heterocycles. The van der Waals surface area contributed by atoms with Gasteiger partial charge in [0.15, 0.2) is 0 Å². The van der Waals surface area contributed by atoms with Crippen LogP contribution in [-0.4, -0.2) is 22.0 Å². The number of amides is 2. The Morgan fingerprint density at radius 2 is 1.79 bits per heavy atom. The van der Waals surface area contributed by atoms with E-state index < -0.39 is 0 Å². The molecule has 1 aromatic rings. The van der Waals surface area contributed by atoms with E-state index in [1.165, 1.54) is 0 Å². The first-order chi connectivity index (χ1) is 8.95. The van der Waals surface area contributed by atoms with Crippen molar-refractivity contribution in [3.63, 3.8) is 0 Å². The number of rotatable bonds is 2. The Hall–Kier alpha value is -1.91.